The quantitative estimate of drug-likeness (QED) is 0.378. The number of rotatable bonds is 9. The zero-order chi connectivity index (χ0) is 27.2. The summed E-state index contributed by atoms with van der Waals surface area (Å²) in [6.07, 6.45) is 4.32. The summed E-state index contributed by atoms with van der Waals surface area (Å²) in [5.41, 5.74) is 6.24. The third-order valence-electron chi connectivity index (χ3n) is 7.16. The van der Waals surface area contributed by atoms with E-state index in [4.69, 9.17) is 5.73 Å². The van der Waals surface area contributed by atoms with Gasteiger partial charge in [-0.1, -0.05) is 56.2 Å². The second-order valence-electron chi connectivity index (χ2n) is 11.3. The summed E-state index contributed by atoms with van der Waals surface area (Å²) < 4.78 is 0. The summed E-state index contributed by atoms with van der Waals surface area (Å²) in [4.78, 5) is 53.1. The van der Waals surface area contributed by atoms with E-state index in [0.29, 0.717) is 25.3 Å². The number of urea groups is 1. The van der Waals surface area contributed by atoms with Crippen LogP contribution < -0.4 is 21.7 Å². The molecule has 9 heteroatoms. The van der Waals surface area contributed by atoms with Crippen LogP contribution in [0.3, 0.4) is 0 Å². The predicted octanol–water partition coefficient (Wildman–Crippen LogP) is 2.43. The van der Waals surface area contributed by atoms with E-state index in [2.05, 4.69) is 22.5 Å². The minimum absolute atomic E-state index is 0.0655. The Hall–Kier alpha value is -3.36. The zero-order valence-corrected chi connectivity index (χ0v) is 22.2. The van der Waals surface area contributed by atoms with Crippen LogP contribution in [0.15, 0.2) is 42.6 Å². The first-order valence-electron chi connectivity index (χ1n) is 13.1. The highest BCUT2D eigenvalue weighted by Crippen LogP contribution is 2.34. The van der Waals surface area contributed by atoms with Crippen molar-refractivity contribution in [3.63, 3.8) is 0 Å². The number of ketones is 1. The number of hydrogen-bond donors (Lipinski definition) is 4. The molecule has 1 aromatic rings. The molecule has 1 aromatic carbocycles. The Morgan fingerprint density at radius 1 is 1.11 bits per heavy atom. The molecule has 37 heavy (non-hydrogen) atoms. The monoisotopic (exact) mass is 511 g/mol. The van der Waals surface area contributed by atoms with E-state index in [1.165, 1.54) is 0 Å². The van der Waals surface area contributed by atoms with Crippen molar-refractivity contribution < 1.29 is 19.2 Å². The molecule has 5 N–H and O–H groups in total. The molecular weight excluding hydrogens is 470 g/mol. The number of nitrogens with one attached hydrogen (secondary N) is 3. The molecule has 0 spiro atoms. The van der Waals surface area contributed by atoms with Gasteiger partial charge in [-0.3, -0.25) is 14.4 Å². The maximum atomic E-state index is 13.6. The van der Waals surface area contributed by atoms with Gasteiger partial charge in [0.1, 0.15) is 0 Å². The van der Waals surface area contributed by atoms with Crippen LogP contribution in [0.25, 0.3) is 0 Å². The van der Waals surface area contributed by atoms with Crippen molar-refractivity contribution in [3.8, 4) is 0 Å². The zero-order valence-electron chi connectivity index (χ0n) is 22.2. The third kappa shape index (κ3) is 8.06. The van der Waals surface area contributed by atoms with Gasteiger partial charge in [-0.15, -0.1) is 0 Å². The second-order valence-corrected chi connectivity index (χ2v) is 11.3. The fraction of sp³-hybridized carbons (Fsp3) is 0.571. The lowest BCUT2D eigenvalue weighted by Crippen LogP contribution is -2.54. The highest BCUT2D eigenvalue weighted by Gasteiger charge is 2.39. The van der Waals surface area contributed by atoms with Crippen LogP contribution in [0.5, 0.6) is 0 Å². The van der Waals surface area contributed by atoms with Crippen LogP contribution in [0.4, 0.5) is 4.79 Å². The number of nitrogens with two attached hydrogens (primary N) is 1. The summed E-state index contributed by atoms with van der Waals surface area (Å²) >= 11 is 0. The Morgan fingerprint density at radius 2 is 1.78 bits per heavy atom. The summed E-state index contributed by atoms with van der Waals surface area (Å²) in [5.74, 6) is -1.16. The first kappa shape index (κ1) is 28.2. The molecule has 3 atom stereocenters. The van der Waals surface area contributed by atoms with Crippen LogP contribution in [0.2, 0.25) is 0 Å². The van der Waals surface area contributed by atoms with Crippen LogP contribution in [-0.2, 0) is 14.4 Å². The Bertz CT molecular complexity index is 1000. The van der Waals surface area contributed by atoms with Gasteiger partial charge in [0.2, 0.25) is 11.8 Å². The maximum absolute atomic E-state index is 13.6. The molecule has 1 saturated heterocycles. The number of likely N-dealkylation sites (tertiary alicyclic amines) is 1. The van der Waals surface area contributed by atoms with E-state index in [0.717, 1.165) is 24.8 Å². The first-order valence-corrected chi connectivity index (χ1v) is 13.1. The van der Waals surface area contributed by atoms with Crippen LogP contribution >= 0.6 is 0 Å². The SMILES string of the molecule is C=C(N)C(=O)C(CC1CCC1)NC(=O)[C@H]1CN(C(=O)CNC(=O)NC(C)(C)C)CCC1c1ccccc1. The van der Waals surface area contributed by atoms with Crippen LogP contribution in [0.1, 0.15) is 64.4 Å². The van der Waals surface area contributed by atoms with Crippen LogP contribution in [0, 0.1) is 11.8 Å². The maximum Gasteiger partial charge on any atom is 0.315 e. The molecular formula is C28H41N5O4. The third-order valence-corrected chi connectivity index (χ3v) is 7.16. The highest BCUT2D eigenvalue weighted by molar-refractivity contribution is 6.00. The fourth-order valence-corrected chi connectivity index (χ4v) is 4.99. The van der Waals surface area contributed by atoms with Gasteiger partial charge in [-0.05, 0) is 51.0 Å². The Kier molecular flexibility index (Phi) is 9.34. The molecule has 1 heterocycles. The summed E-state index contributed by atoms with van der Waals surface area (Å²) in [7, 11) is 0. The van der Waals surface area contributed by atoms with Gasteiger partial charge < -0.3 is 26.6 Å². The second kappa shape index (κ2) is 12.3. The number of carbonyl (C=O) groups excluding carboxylic acids is 4. The number of Topliss-reactive ketones (excluding diaryl/α,β-unsaturated/α-hetero) is 1. The number of hydrogen-bond acceptors (Lipinski definition) is 5. The largest absolute Gasteiger partial charge is 0.396 e. The number of amides is 4. The van der Waals surface area contributed by atoms with E-state index in [1.54, 1.807) is 4.90 Å². The fourth-order valence-electron chi connectivity index (χ4n) is 4.99. The molecule has 0 bridgehead atoms. The molecule has 2 unspecified atom stereocenters. The molecule has 0 radical (unpaired) electrons. The first-order chi connectivity index (χ1) is 17.4. The number of carbonyl (C=O) groups is 4. The van der Waals surface area contributed by atoms with E-state index in [-0.39, 0.29) is 42.3 Å². The van der Waals surface area contributed by atoms with Crippen molar-refractivity contribution in [2.75, 3.05) is 19.6 Å². The normalized spacial score (nSPS) is 20.8. The average molecular weight is 512 g/mol. The minimum Gasteiger partial charge on any atom is -0.396 e. The molecule has 2 fully saturated rings. The standard InChI is InChI=1S/C28H41N5O4/c1-18(29)25(35)23(15-19-9-8-10-19)31-26(36)22-17-33(14-13-21(22)20-11-6-5-7-12-20)24(34)16-30-27(37)32-28(2,3)4/h5-7,11-12,19,21-23H,1,8-10,13-17,29H2,2-4H3,(H,31,36)(H2,30,32,37)/t21?,22-,23?/m0/s1. The predicted molar refractivity (Wildman–Crippen MR) is 142 cm³/mol. The van der Waals surface area contributed by atoms with Gasteiger partial charge in [0.15, 0.2) is 5.78 Å². The highest BCUT2D eigenvalue weighted by atomic mass is 16.2. The molecule has 202 valence electrons. The Morgan fingerprint density at radius 3 is 2.35 bits per heavy atom. The minimum atomic E-state index is -0.722. The molecule has 1 aliphatic heterocycles. The molecule has 9 nitrogen and oxygen atoms in total. The van der Waals surface area contributed by atoms with Gasteiger partial charge in [0.05, 0.1) is 24.2 Å². The van der Waals surface area contributed by atoms with E-state index in [9.17, 15) is 19.2 Å². The van der Waals surface area contributed by atoms with Gasteiger partial charge in [-0.2, -0.15) is 0 Å². The molecule has 0 aromatic heterocycles. The van der Waals surface area contributed by atoms with Gasteiger partial charge in [-0.25, -0.2) is 4.79 Å². The smallest absolute Gasteiger partial charge is 0.315 e. The van der Waals surface area contributed by atoms with Gasteiger partial charge in [0, 0.05) is 18.6 Å². The van der Waals surface area contributed by atoms with Crippen molar-refractivity contribution >= 4 is 23.6 Å². The van der Waals surface area contributed by atoms with E-state index < -0.39 is 23.5 Å². The number of nitrogens with zero attached hydrogens (tertiary/aromatic N) is 1. The van der Waals surface area contributed by atoms with Crippen molar-refractivity contribution in [2.24, 2.45) is 17.6 Å². The van der Waals surface area contributed by atoms with Gasteiger partial charge >= 0.3 is 6.03 Å². The van der Waals surface area contributed by atoms with Crippen molar-refractivity contribution in [2.45, 2.75) is 70.4 Å². The van der Waals surface area contributed by atoms with Crippen molar-refractivity contribution in [3.05, 3.63) is 48.2 Å². The summed E-state index contributed by atoms with van der Waals surface area (Å²) in [6.45, 7) is 9.65. The Labute approximate surface area is 219 Å². The Balaban J connectivity index is 1.73. The molecule has 4 amide bonds. The summed E-state index contributed by atoms with van der Waals surface area (Å²) in [6, 6.07) is 8.61. The van der Waals surface area contributed by atoms with Crippen molar-refractivity contribution in [1.29, 1.82) is 0 Å². The lowest BCUT2D eigenvalue weighted by Gasteiger charge is -2.39. The number of benzene rings is 1. The lowest BCUT2D eigenvalue weighted by atomic mass is 9.78. The topological polar surface area (TPSA) is 134 Å². The number of piperidine rings is 1. The molecule has 3 rings (SSSR count). The van der Waals surface area contributed by atoms with Gasteiger partial charge in [0.25, 0.3) is 0 Å². The molecule has 1 aliphatic carbocycles. The van der Waals surface area contributed by atoms with E-state index >= 15 is 0 Å². The molecule has 1 saturated carbocycles. The van der Waals surface area contributed by atoms with E-state index in [1.807, 2.05) is 51.1 Å². The average Bonchev–Trinajstić information content (AvgIpc) is 2.82. The molecule has 2 aliphatic rings. The summed E-state index contributed by atoms with van der Waals surface area (Å²) in [5, 5.41) is 8.33. The van der Waals surface area contributed by atoms with Crippen LogP contribution in [-0.4, -0.2) is 59.7 Å². The van der Waals surface area contributed by atoms with Crippen molar-refractivity contribution in [1.82, 2.24) is 20.9 Å². The lowest BCUT2D eigenvalue weighted by molar-refractivity contribution is -0.137.